The van der Waals surface area contributed by atoms with Crippen molar-refractivity contribution in [1.29, 1.82) is 0 Å². The summed E-state index contributed by atoms with van der Waals surface area (Å²) >= 11 is 0. The summed E-state index contributed by atoms with van der Waals surface area (Å²) in [7, 11) is -3.19. The van der Waals surface area contributed by atoms with E-state index in [9.17, 15) is 22.8 Å². The fraction of sp³-hybridized carbons (Fsp3) is 0.474. The highest BCUT2D eigenvalue weighted by Gasteiger charge is 2.37. The van der Waals surface area contributed by atoms with E-state index in [4.69, 9.17) is 4.74 Å². The number of sulfone groups is 1. The van der Waals surface area contributed by atoms with E-state index >= 15 is 0 Å². The number of carbonyl (C=O) groups is 3. The van der Waals surface area contributed by atoms with Crippen molar-refractivity contribution in [2.24, 2.45) is 5.10 Å². The summed E-state index contributed by atoms with van der Waals surface area (Å²) in [4.78, 5) is 36.4. The quantitative estimate of drug-likeness (QED) is 0.670. The second-order valence-corrected chi connectivity index (χ2v) is 9.35. The molecule has 0 aromatic heterocycles. The van der Waals surface area contributed by atoms with Gasteiger partial charge in [0.25, 0.3) is 5.91 Å². The molecule has 2 amide bonds. The molecule has 0 spiro atoms. The zero-order chi connectivity index (χ0) is 21.0. The van der Waals surface area contributed by atoms with Gasteiger partial charge in [-0.3, -0.25) is 9.59 Å². The van der Waals surface area contributed by atoms with E-state index in [0.29, 0.717) is 6.42 Å². The summed E-state index contributed by atoms with van der Waals surface area (Å²) in [5, 5.41) is 7.85. The molecule has 29 heavy (non-hydrogen) atoms. The molecule has 0 radical (unpaired) electrons. The lowest BCUT2D eigenvalue weighted by Gasteiger charge is -2.27. The van der Waals surface area contributed by atoms with Crippen molar-refractivity contribution < 1.29 is 27.5 Å². The lowest BCUT2D eigenvalue weighted by atomic mass is 10.1. The van der Waals surface area contributed by atoms with Gasteiger partial charge in [-0.05, 0) is 18.9 Å². The number of nitrogens with one attached hydrogen (secondary N) is 1. The first-order chi connectivity index (χ1) is 13.7. The van der Waals surface area contributed by atoms with Gasteiger partial charge >= 0.3 is 5.97 Å². The molecule has 156 valence electrons. The van der Waals surface area contributed by atoms with Crippen LogP contribution in [-0.2, 0) is 29.0 Å². The number of esters is 1. The molecular formula is C19H23N3O6S. The minimum absolute atomic E-state index is 0.00346. The molecule has 1 N–H and O–H groups in total. The van der Waals surface area contributed by atoms with Crippen molar-refractivity contribution in [3.63, 3.8) is 0 Å². The van der Waals surface area contributed by atoms with Gasteiger partial charge < -0.3 is 10.1 Å². The van der Waals surface area contributed by atoms with Gasteiger partial charge in [-0.15, -0.1) is 0 Å². The normalized spacial score (nSPS) is 22.0. The highest BCUT2D eigenvalue weighted by atomic mass is 32.2. The third-order valence-electron chi connectivity index (χ3n) is 4.86. The fourth-order valence-corrected chi connectivity index (χ4v) is 4.99. The predicted molar refractivity (Wildman–Crippen MR) is 105 cm³/mol. The summed E-state index contributed by atoms with van der Waals surface area (Å²) in [6, 6.07) is 8.55. The molecule has 1 aromatic rings. The standard InChI is InChI=1S/C19H23N3O6S/c1-13(14-5-3-2-4-6-14)20-17(23)11-28-19(25)16-7-8-18(24)22(21-16)15-9-10-29(26,27)12-15/h2-6,13,15H,7-12H2,1H3,(H,20,23)/t13-,15+/m0/s1. The number of rotatable bonds is 6. The third kappa shape index (κ3) is 5.41. The van der Waals surface area contributed by atoms with Crippen molar-refractivity contribution in [2.45, 2.75) is 38.3 Å². The van der Waals surface area contributed by atoms with Crippen LogP contribution in [0.2, 0.25) is 0 Å². The molecule has 3 rings (SSSR count). The zero-order valence-corrected chi connectivity index (χ0v) is 16.9. The average molecular weight is 421 g/mol. The maximum atomic E-state index is 12.3. The van der Waals surface area contributed by atoms with Crippen molar-refractivity contribution >= 4 is 33.3 Å². The Kier molecular flexibility index (Phi) is 6.31. The minimum Gasteiger partial charge on any atom is -0.451 e. The number of hydrogen-bond acceptors (Lipinski definition) is 7. The monoisotopic (exact) mass is 421 g/mol. The predicted octanol–water partition coefficient (Wildman–Crippen LogP) is 0.573. The van der Waals surface area contributed by atoms with Gasteiger partial charge in [0.15, 0.2) is 16.4 Å². The van der Waals surface area contributed by atoms with E-state index in [1.165, 1.54) is 0 Å². The largest absolute Gasteiger partial charge is 0.451 e. The van der Waals surface area contributed by atoms with Crippen LogP contribution >= 0.6 is 0 Å². The molecule has 9 nitrogen and oxygen atoms in total. The average Bonchev–Trinajstić information content (AvgIpc) is 3.06. The summed E-state index contributed by atoms with van der Waals surface area (Å²) in [6.45, 7) is 1.35. The second kappa shape index (κ2) is 8.73. The Bertz CT molecular complexity index is 929. The van der Waals surface area contributed by atoms with Gasteiger partial charge in [0.2, 0.25) is 5.91 Å². The van der Waals surface area contributed by atoms with Crippen LogP contribution in [0.15, 0.2) is 35.4 Å². The number of benzene rings is 1. The number of nitrogens with zero attached hydrogens (tertiary/aromatic N) is 2. The second-order valence-electron chi connectivity index (χ2n) is 7.12. The molecule has 2 aliphatic rings. The molecule has 1 aromatic carbocycles. The number of hydrazone groups is 1. The van der Waals surface area contributed by atoms with Crippen molar-refractivity contribution in [3.05, 3.63) is 35.9 Å². The first-order valence-corrected chi connectivity index (χ1v) is 11.2. The Morgan fingerprint density at radius 1 is 1.28 bits per heavy atom. The highest BCUT2D eigenvalue weighted by Crippen LogP contribution is 2.22. The summed E-state index contributed by atoms with van der Waals surface area (Å²) in [6.07, 6.45) is 0.428. The van der Waals surface area contributed by atoms with Crippen LogP contribution in [0.5, 0.6) is 0 Å². The van der Waals surface area contributed by atoms with Crippen LogP contribution in [0.4, 0.5) is 0 Å². The molecule has 1 fully saturated rings. The van der Waals surface area contributed by atoms with E-state index in [2.05, 4.69) is 10.4 Å². The Morgan fingerprint density at radius 2 is 2.00 bits per heavy atom. The van der Waals surface area contributed by atoms with Gasteiger partial charge in [-0.2, -0.15) is 5.10 Å². The first kappa shape index (κ1) is 21.0. The lowest BCUT2D eigenvalue weighted by molar-refractivity contribution is -0.143. The number of amides is 2. The van der Waals surface area contributed by atoms with Crippen LogP contribution in [0.3, 0.4) is 0 Å². The molecule has 2 aliphatic heterocycles. The van der Waals surface area contributed by atoms with Gasteiger partial charge in [0.1, 0.15) is 5.71 Å². The topological polar surface area (TPSA) is 122 Å². The third-order valence-corrected chi connectivity index (χ3v) is 6.61. The maximum absolute atomic E-state index is 12.3. The van der Waals surface area contributed by atoms with Gasteiger partial charge in [0, 0.05) is 12.8 Å². The van der Waals surface area contributed by atoms with Crippen LogP contribution in [0, 0.1) is 0 Å². The van der Waals surface area contributed by atoms with Crippen LogP contribution in [-0.4, -0.2) is 61.1 Å². The molecule has 0 saturated carbocycles. The lowest BCUT2D eigenvalue weighted by Crippen LogP contribution is -2.42. The fourth-order valence-electron chi connectivity index (χ4n) is 3.29. The zero-order valence-electron chi connectivity index (χ0n) is 16.0. The summed E-state index contributed by atoms with van der Waals surface area (Å²) in [5.41, 5.74) is 0.933. The van der Waals surface area contributed by atoms with Gasteiger partial charge in [-0.25, -0.2) is 18.2 Å². The first-order valence-electron chi connectivity index (χ1n) is 9.36. The SMILES string of the molecule is C[C@H](NC(=O)COC(=O)C1=NN([C@@H]2CCS(=O)(=O)C2)C(=O)CC1)c1ccccc1. The molecule has 0 unspecified atom stereocenters. The molecule has 10 heteroatoms. The maximum Gasteiger partial charge on any atom is 0.355 e. The Labute approximate surface area is 169 Å². The molecule has 0 aliphatic carbocycles. The Morgan fingerprint density at radius 3 is 2.66 bits per heavy atom. The summed E-state index contributed by atoms with van der Waals surface area (Å²) in [5.74, 6) is -1.73. The van der Waals surface area contributed by atoms with E-state index < -0.39 is 34.4 Å². The number of carbonyl (C=O) groups excluding carboxylic acids is 3. The number of hydrogen-bond donors (Lipinski definition) is 1. The van der Waals surface area contributed by atoms with E-state index in [1.807, 2.05) is 37.3 Å². The van der Waals surface area contributed by atoms with Crippen molar-refractivity contribution in [1.82, 2.24) is 10.3 Å². The molecule has 2 heterocycles. The molecule has 1 saturated heterocycles. The Balaban J connectivity index is 1.55. The highest BCUT2D eigenvalue weighted by molar-refractivity contribution is 7.91. The minimum atomic E-state index is -3.19. The van der Waals surface area contributed by atoms with Crippen molar-refractivity contribution in [2.75, 3.05) is 18.1 Å². The Hall–Kier alpha value is -2.75. The van der Waals surface area contributed by atoms with Gasteiger partial charge in [0.05, 0.1) is 23.6 Å². The van der Waals surface area contributed by atoms with E-state index in [0.717, 1.165) is 10.6 Å². The van der Waals surface area contributed by atoms with E-state index in [1.54, 1.807) is 0 Å². The van der Waals surface area contributed by atoms with Crippen LogP contribution < -0.4 is 5.32 Å². The van der Waals surface area contributed by atoms with Crippen LogP contribution in [0.25, 0.3) is 0 Å². The van der Waals surface area contributed by atoms with Crippen molar-refractivity contribution in [3.8, 4) is 0 Å². The molecule has 0 bridgehead atoms. The summed E-state index contributed by atoms with van der Waals surface area (Å²) < 4.78 is 28.3. The van der Waals surface area contributed by atoms with Crippen LogP contribution in [0.1, 0.15) is 37.8 Å². The smallest absolute Gasteiger partial charge is 0.355 e. The molecular weight excluding hydrogens is 398 g/mol. The number of ether oxygens (including phenoxy) is 1. The van der Waals surface area contributed by atoms with E-state index in [-0.39, 0.29) is 42.0 Å². The molecule has 2 atom stereocenters. The van der Waals surface area contributed by atoms with Gasteiger partial charge in [-0.1, -0.05) is 30.3 Å².